The molecule has 4 nitrogen and oxygen atoms in total. The first-order valence-electron chi connectivity index (χ1n) is 6.96. The Kier molecular flexibility index (Phi) is 4.43. The van der Waals surface area contributed by atoms with Crippen LogP contribution in [0.4, 0.5) is 0 Å². The van der Waals surface area contributed by atoms with Crippen molar-refractivity contribution < 1.29 is 0 Å². The van der Waals surface area contributed by atoms with Crippen molar-refractivity contribution in [2.45, 2.75) is 40.3 Å². The van der Waals surface area contributed by atoms with Crippen LogP contribution in [0.2, 0.25) is 0 Å². The molecule has 0 aromatic carbocycles. The summed E-state index contributed by atoms with van der Waals surface area (Å²) in [5.74, 6) is 1.13. The van der Waals surface area contributed by atoms with Crippen LogP contribution in [-0.4, -0.2) is 20.7 Å². The first-order valence-corrected chi connectivity index (χ1v) is 6.96. The maximum atomic E-state index is 4.33. The monoisotopic (exact) mass is 260 g/mol. The van der Waals surface area contributed by atoms with E-state index in [0.29, 0.717) is 0 Å². The molecule has 0 saturated heterocycles. The minimum Gasteiger partial charge on any atom is -0.349 e. The molecule has 0 radical (unpaired) electrons. The van der Waals surface area contributed by atoms with Gasteiger partial charge >= 0.3 is 0 Å². The van der Waals surface area contributed by atoms with Gasteiger partial charge in [-0.25, -0.2) is 4.98 Å². The van der Waals surface area contributed by atoms with E-state index in [1.807, 2.05) is 19.4 Å². The van der Waals surface area contributed by atoms with E-state index in [9.17, 15) is 0 Å². The van der Waals surface area contributed by atoms with Crippen molar-refractivity contribution in [2.24, 2.45) is 7.05 Å². The highest BCUT2D eigenvalue weighted by atomic mass is 15.0. The van der Waals surface area contributed by atoms with Gasteiger partial charge in [0.25, 0.3) is 0 Å². The zero-order valence-electron chi connectivity index (χ0n) is 12.4. The third kappa shape index (κ3) is 3.07. The Labute approximate surface area is 115 Å². The van der Waals surface area contributed by atoms with Crippen molar-refractivity contribution in [1.29, 1.82) is 0 Å². The normalized spacial score (nSPS) is 11.2. The molecule has 0 amide bonds. The summed E-state index contributed by atoms with van der Waals surface area (Å²) in [7, 11) is 2.04. The third-order valence-electron chi connectivity index (χ3n) is 3.76. The number of aromatic nitrogens is 3. The van der Waals surface area contributed by atoms with E-state index in [0.717, 1.165) is 31.9 Å². The van der Waals surface area contributed by atoms with Gasteiger partial charge in [-0.15, -0.1) is 0 Å². The van der Waals surface area contributed by atoms with Crippen LogP contribution in [0.5, 0.6) is 0 Å². The van der Waals surface area contributed by atoms with Crippen LogP contribution < -0.4 is 5.32 Å². The van der Waals surface area contributed by atoms with Gasteiger partial charge in [0.05, 0.1) is 0 Å². The summed E-state index contributed by atoms with van der Waals surface area (Å²) in [5.41, 5.74) is 4.13. The smallest absolute Gasteiger partial charge is 0.109 e. The first kappa shape index (κ1) is 13.9. The van der Waals surface area contributed by atoms with E-state index in [2.05, 4.69) is 46.3 Å². The number of nitrogens with one attached hydrogen (secondary N) is 1. The maximum Gasteiger partial charge on any atom is 0.109 e. The van der Waals surface area contributed by atoms with Crippen molar-refractivity contribution >= 4 is 0 Å². The molecule has 0 fully saturated rings. The van der Waals surface area contributed by atoms with E-state index in [-0.39, 0.29) is 0 Å². The van der Waals surface area contributed by atoms with Gasteiger partial charge in [0.15, 0.2) is 0 Å². The molecule has 1 N–H and O–H groups in total. The molecule has 0 spiro atoms. The zero-order chi connectivity index (χ0) is 13.8. The second kappa shape index (κ2) is 6.06. The van der Waals surface area contributed by atoms with E-state index in [1.165, 1.54) is 17.0 Å². The van der Waals surface area contributed by atoms with Crippen LogP contribution >= 0.6 is 0 Å². The lowest BCUT2D eigenvalue weighted by Crippen LogP contribution is -2.18. The summed E-state index contributed by atoms with van der Waals surface area (Å²) in [6, 6.07) is 2.28. The number of rotatable bonds is 6. The predicted octanol–water partition coefficient (Wildman–Crippen LogP) is 2.19. The minimum absolute atomic E-state index is 0.935. The highest BCUT2D eigenvalue weighted by Gasteiger charge is 2.07. The molecule has 2 aromatic rings. The Morgan fingerprint density at radius 1 is 1.32 bits per heavy atom. The molecule has 4 heteroatoms. The lowest BCUT2D eigenvalue weighted by atomic mass is 10.2. The van der Waals surface area contributed by atoms with Gasteiger partial charge in [0.1, 0.15) is 5.82 Å². The average molecular weight is 260 g/mol. The van der Waals surface area contributed by atoms with Crippen LogP contribution in [0.25, 0.3) is 0 Å². The molecule has 0 atom stereocenters. The summed E-state index contributed by atoms with van der Waals surface area (Å²) in [4.78, 5) is 4.33. The molecule has 0 aliphatic heterocycles. The van der Waals surface area contributed by atoms with Crippen molar-refractivity contribution in [3.63, 3.8) is 0 Å². The molecule has 0 aliphatic carbocycles. The molecule has 0 bridgehead atoms. The van der Waals surface area contributed by atoms with Gasteiger partial charge in [0, 0.05) is 56.9 Å². The SMILES string of the molecule is CCn1c(C)cc(CNCCc2nccn2C)c1C. The summed E-state index contributed by atoms with van der Waals surface area (Å²) in [6.45, 7) is 9.51. The highest BCUT2D eigenvalue weighted by molar-refractivity contribution is 5.26. The largest absolute Gasteiger partial charge is 0.349 e. The van der Waals surface area contributed by atoms with Crippen LogP contribution in [-0.2, 0) is 26.6 Å². The van der Waals surface area contributed by atoms with Crippen molar-refractivity contribution in [2.75, 3.05) is 6.54 Å². The number of hydrogen-bond donors (Lipinski definition) is 1. The molecule has 2 aromatic heterocycles. The maximum absolute atomic E-state index is 4.33. The lowest BCUT2D eigenvalue weighted by Gasteiger charge is -2.07. The lowest BCUT2D eigenvalue weighted by molar-refractivity contribution is 0.648. The Hall–Kier alpha value is -1.55. The Morgan fingerprint density at radius 3 is 2.68 bits per heavy atom. The van der Waals surface area contributed by atoms with Gasteiger partial charge in [-0.1, -0.05) is 0 Å². The van der Waals surface area contributed by atoms with Crippen molar-refractivity contribution in [3.8, 4) is 0 Å². The molecule has 0 unspecified atom stereocenters. The quantitative estimate of drug-likeness (QED) is 0.808. The Bertz CT molecular complexity index is 536. The molecular weight excluding hydrogens is 236 g/mol. The number of imidazole rings is 1. The Morgan fingerprint density at radius 2 is 2.11 bits per heavy atom. The average Bonchev–Trinajstić information content (AvgIpc) is 2.90. The van der Waals surface area contributed by atoms with Gasteiger partial charge in [-0.3, -0.25) is 0 Å². The van der Waals surface area contributed by atoms with Gasteiger partial charge < -0.3 is 14.5 Å². The molecule has 19 heavy (non-hydrogen) atoms. The highest BCUT2D eigenvalue weighted by Crippen LogP contribution is 2.14. The first-order chi connectivity index (χ1) is 9.13. The second-order valence-electron chi connectivity index (χ2n) is 5.02. The summed E-state index contributed by atoms with van der Waals surface area (Å²) < 4.78 is 4.43. The molecule has 2 rings (SSSR count). The molecule has 0 aliphatic rings. The summed E-state index contributed by atoms with van der Waals surface area (Å²) in [6.07, 6.45) is 4.81. The second-order valence-corrected chi connectivity index (χ2v) is 5.02. The number of nitrogens with zero attached hydrogens (tertiary/aromatic N) is 3. The molecular formula is C15H24N4. The van der Waals surface area contributed by atoms with Crippen LogP contribution in [0, 0.1) is 13.8 Å². The molecule has 104 valence electrons. The zero-order valence-corrected chi connectivity index (χ0v) is 12.4. The minimum atomic E-state index is 0.935. The van der Waals surface area contributed by atoms with Crippen LogP contribution in [0.1, 0.15) is 29.7 Å². The van der Waals surface area contributed by atoms with Crippen molar-refractivity contribution in [3.05, 3.63) is 41.2 Å². The van der Waals surface area contributed by atoms with E-state index < -0.39 is 0 Å². The molecule has 2 heterocycles. The van der Waals surface area contributed by atoms with Crippen molar-refractivity contribution in [1.82, 2.24) is 19.4 Å². The Balaban J connectivity index is 1.85. The number of hydrogen-bond acceptors (Lipinski definition) is 2. The van der Waals surface area contributed by atoms with E-state index in [1.54, 1.807) is 0 Å². The number of aryl methyl sites for hydroxylation is 2. The van der Waals surface area contributed by atoms with Gasteiger partial charge in [-0.2, -0.15) is 0 Å². The standard InChI is InChI=1S/C15H24N4/c1-5-19-12(2)10-14(13(19)3)11-16-7-6-15-17-8-9-18(15)4/h8-10,16H,5-7,11H2,1-4H3. The summed E-state index contributed by atoms with van der Waals surface area (Å²) in [5, 5.41) is 3.51. The molecule has 0 saturated carbocycles. The van der Waals surface area contributed by atoms with Gasteiger partial charge in [0.2, 0.25) is 0 Å². The van der Waals surface area contributed by atoms with Gasteiger partial charge in [-0.05, 0) is 32.4 Å². The van der Waals surface area contributed by atoms with Crippen LogP contribution in [0.15, 0.2) is 18.5 Å². The van der Waals surface area contributed by atoms with Crippen LogP contribution in [0.3, 0.4) is 0 Å². The fraction of sp³-hybridized carbons (Fsp3) is 0.533. The topological polar surface area (TPSA) is 34.8 Å². The summed E-state index contributed by atoms with van der Waals surface area (Å²) >= 11 is 0. The predicted molar refractivity (Wildman–Crippen MR) is 78.2 cm³/mol. The third-order valence-corrected chi connectivity index (χ3v) is 3.76. The fourth-order valence-electron chi connectivity index (χ4n) is 2.60. The van der Waals surface area contributed by atoms with E-state index >= 15 is 0 Å². The fourth-order valence-corrected chi connectivity index (χ4v) is 2.60. The van der Waals surface area contributed by atoms with E-state index in [4.69, 9.17) is 0 Å².